The van der Waals surface area contributed by atoms with Gasteiger partial charge in [0.25, 0.3) is 0 Å². The molecule has 2 rings (SSSR count). The van der Waals surface area contributed by atoms with Gasteiger partial charge in [0.05, 0.1) is 0 Å². The molecule has 0 unspecified atom stereocenters. The maximum absolute atomic E-state index is 4.08. The van der Waals surface area contributed by atoms with Gasteiger partial charge in [-0.05, 0) is 70.1 Å². The van der Waals surface area contributed by atoms with Crippen LogP contribution in [0.4, 0.5) is 5.69 Å². The molecular formula is C24H40N2. The highest BCUT2D eigenvalue weighted by Gasteiger charge is 2.19. The lowest BCUT2D eigenvalue weighted by Gasteiger charge is -2.28. The highest BCUT2D eigenvalue weighted by Crippen LogP contribution is 2.33. The maximum Gasteiger partial charge on any atom is 0.0443 e. The predicted octanol–water partition coefficient (Wildman–Crippen LogP) is 6.46. The minimum atomic E-state index is 1.03. The first-order chi connectivity index (χ1) is 12.7. The molecule has 0 radical (unpaired) electrons. The Hall–Kier alpha value is -1.80. The third kappa shape index (κ3) is 7.21. The SMILES string of the molecule is C=CC1=C(/C=C\C)CCc2ccccc2N1CCCN(C)C.CC.CC. The van der Waals surface area contributed by atoms with E-state index < -0.39 is 0 Å². The molecule has 1 aromatic carbocycles. The van der Waals surface area contributed by atoms with Gasteiger partial charge < -0.3 is 9.80 Å². The lowest BCUT2D eigenvalue weighted by atomic mass is 10.0. The van der Waals surface area contributed by atoms with Crippen LogP contribution in [-0.4, -0.2) is 32.1 Å². The lowest BCUT2D eigenvalue weighted by molar-refractivity contribution is 0.402. The first kappa shape index (κ1) is 24.2. The van der Waals surface area contributed by atoms with Crippen molar-refractivity contribution in [2.75, 3.05) is 32.1 Å². The van der Waals surface area contributed by atoms with Crippen LogP contribution in [0.15, 0.2) is 60.3 Å². The third-order valence-electron chi connectivity index (χ3n) is 4.11. The van der Waals surface area contributed by atoms with Gasteiger partial charge in [-0.25, -0.2) is 0 Å². The zero-order valence-electron chi connectivity index (χ0n) is 18.2. The van der Waals surface area contributed by atoms with Crippen molar-refractivity contribution in [3.05, 3.63) is 65.9 Å². The zero-order chi connectivity index (χ0) is 19.9. The lowest BCUT2D eigenvalue weighted by Crippen LogP contribution is -2.27. The number of hydrogen-bond donors (Lipinski definition) is 0. The summed E-state index contributed by atoms with van der Waals surface area (Å²) in [5.41, 5.74) is 5.43. The molecule has 146 valence electrons. The highest BCUT2D eigenvalue weighted by molar-refractivity contribution is 5.63. The Balaban J connectivity index is 0.00000146. The minimum absolute atomic E-state index is 1.03. The number of nitrogens with zero attached hydrogens (tertiary/aromatic N) is 2. The number of para-hydroxylation sites is 1. The van der Waals surface area contributed by atoms with Gasteiger partial charge in [-0.1, -0.05) is 64.6 Å². The van der Waals surface area contributed by atoms with E-state index in [-0.39, 0.29) is 0 Å². The molecule has 1 aliphatic rings. The van der Waals surface area contributed by atoms with E-state index in [1.165, 1.54) is 22.5 Å². The summed E-state index contributed by atoms with van der Waals surface area (Å²) < 4.78 is 0. The first-order valence-electron chi connectivity index (χ1n) is 10.2. The van der Waals surface area contributed by atoms with Crippen LogP contribution >= 0.6 is 0 Å². The van der Waals surface area contributed by atoms with Crippen molar-refractivity contribution in [1.82, 2.24) is 4.90 Å². The fraction of sp³-hybridized carbons (Fsp3) is 0.500. The summed E-state index contributed by atoms with van der Waals surface area (Å²) in [6, 6.07) is 8.78. The van der Waals surface area contributed by atoms with Crippen LogP contribution in [0.2, 0.25) is 0 Å². The molecule has 1 aromatic rings. The quantitative estimate of drug-likeness (QED) is 0.577. The molecule has 0 amide bonds. The molecule has 0 spiro atoms. The van der Waals surface area contributed by atoms with Crippen LogP contribution in [0.1, 0.15) is 53.0 Å². The van der Waals surface area contributed by atoms with E-state index in [0.29, 0.717) is 0 Å². The largest absolute Gasteiger partial charge is 0.341 e. The maximum atomic E-state index is 4.08. The molecule has 0 bridgehead atoms. The predicted molar refractivity (Wildman–Crippen MR) is 120 cm³/mol. The number of allylic oxidation sites excluding steroid dienone is 4. The van der Waals surface area contributed by atoms with Crippen molar-refractivity contribution < 1.29 is 0 Å². The van der Waals surface area contributed by atoms with E-state index in [4.69, 9.17) is 0 Å². The monoisotopic (exact) mass is 356 g/mol. The van der Waals surface area contributed by atoms with E-state index >= 15 is 0 Å². The molecule has 2 heteroatoms. The molecule has 2 nitrogen and oxygen atoms in total. The van der Waals surface area contributed by atoms with Crippen molar-refractivity contribution in [3.8, 4) is 0 Å². The van der Waals surface area contributed by atoms with Crippen molar-refractivity contribution in [2.45, 2.75) is 53.9 Å². The summed E-state index contributed by atoms with van der Waals surface area (Å²) >= 11 is 0. The van der Waals surface area contributed by atoms with Crippen LogP contribution in [0.5, 0.6) is 0 Å². The topological polar surface area (TPSA) is 6.48 Å². The average Bonchev–Trinajstić information content (AvgIpc) is 2.82. The summed E-state index contributed by atoms with van der Waals surface area (Å²) in [6.07, 6.45) is 9.70. The Morgan fingerprint density at radius 1 is 1.08 bits per heavy atom. The van der Waals surface area contributed by atoms with Gasteiger partial charge in [-0.2, -0.15) is 0 Å². The van der Waals surface area contributed by atoms with E-state index in [1.54, 1.807) is 0 Å². The molecule has 1 heterocycles. The Morgan fingerprint density at radius 2 is 1.73 bits per heavy atom. The first-order valence-corrected chi connectivity index (χ1v) is 10.2. The van der Waals surface area contributed by atoms with Crippen molar-refractivity contribution in [2.24, 2.45) is 0 Å². The molecule has 0 saturated carbocycles. The van der Waals surface area contributed by atoms with Crippen molar-refractivity contribution in [3.63, 3.8) is 0 Å². The van der Waals surface area contributed by atoms with Gasteiger partial charge in [0.2, 0.25) is 0 Å². The Labute approximate surface area is 162 Å². The van der Waals surface area contributed by atoms with E-state index in [1.807, 2.05) is 33.8 Å². The summed E-state index contributed by atoms with van der Waals surface area (Å²) in [6.45, 7) is 16.3. The number of anilines is 1. The zero-order valence-corrected chi connectivity index (χ0v) is 18.2. The van der Waals surface area contributed by atoms with Gasteiger partial charge in [-0.15, -0.1) is 0 Å². The second-order valence-electron chi connectivity index (χ2n) is 6.05. The number of fused-ring (bicyclic) bond motifs is 1. The normalized spacial score (nSPS) is 13.5. The van der Waals surface area contributed by atoms with Crippen LogP contribution in [0, 0.1) is 0 Å². The number of hydrogen-bond acceptors (Lipinski definition) is 2. The summed E-state index contributed by atoms with van der Waals surface area (Å²) in [5, 5.41) is 0. The number of benzene rings is 1. The molecular weight excluding hydrogens is 316 g/mol. The molecule has 26 heavy (non-hydrogen) atoms. The van der Waals surface area contributed by atoms with Crippen LogP contribution in [0.25, 0.3) is 0 Å². The molecule has 0 fully saturated rings. The van der Waals surface area contributed by atoms with Gasteiger partial charge in [0.1, 0.15) is 0 Å². The Morgan fingerprint density at radius 3 is 2.31 bits per heavy atom. The summed E-state index contributed by atoms with van der Waals surface area (Å²) in [5.74, 6) is 0. The summed E-state index contributed by atoms with van der Waals surface area (Å²) in [4.78, 5) is 4.70. The van der Waals surface area contributed by atoms with Gasteiger partial charge in [-0.3, -0.25) is 0 Å². The van der Waals surface area contributed by atoms with Crippen LogP contribution in [-0.2, 0) is 6.42 Å². The molecule has 0 saturated heterocycles. The van der Waals surface area contributed by atoms with Crippen molar-refractivity contribution in [1.29, 1.82) is 0 Å². The van der Waals surface area contributed by atoms with Crippen LogP contribution in [0.3, 0.4) is 0 Å². The van der Waals surface area contributed by atoms with Gasteiger partial charge in [0, 0.05) is 17.9 Å². The Kier molecular flexibility index (Phi) is 13.4. The number of aryl methyl sites for hydroxylation is 1. The molecule has 0 aliphatic carbocycles. The highest BCUT2D eigenvalue weighted by atomic mass is 15.2. The standard InChI is InChI=1S/C20H28N2.2C2H6/c1-5-10-17-13-14-18-11-7-8-12-20(18)22(19(17)6-2)16-9-15-21(3)4;2*1-2/h5-8,10-12H,2,9,13-16H2,1,3-4H3;2*1-2H3/b10-5-;;. The minimum Gasteiger partial charge on any atom is -0.341 e. The van der Waals surface area contributed by atoms with E-state index in [2.05, 4.69) is 73.8 Å². The Bertz CT molecular complexity index is 567. The number of rotatable bonds is 6. The summed E-state index contributed by atoms with van der Waals surface area (Å²) in [7, 11) is 4.26. The fourth-order valence-corrected chi connectivity index (χ4v) is 3.08. The second-order valence-corrected chi connectivity index (χ2v) is 6.05. The average molecular weight is 357 g/mol. The van der Waals surface area contributed by atoms with Gasteiger partial charge >= 0.3 is 0 Å². The van der Waals surface area contributed by atoms with Gasteiger partial charge in [0.15, 0.2) is 0 Å². The van der Waals surface area contributed by atoms with E-state index in [9.17, 15) is 0 Å². The molecule has 1 aliphatic heterocycles. The second kappa shape index (κ2) is 14.4. The smallest absolute Gasteiger partial charge is 0.0443 e. The molecule has 0 atom stereocenters. The molecule has 0 aromatic heterocycles. The molecule has 0 N–H and O–H groups in total. The van der Waals surface area contributed by atoms with Crippen LogP contribution < -0.4 is 4.90 Å². The van der Waals surface area contributed by atoms with E-state index in [0.717, 1.165) is 32.4 Å². The van der Waals surface area contributed by atoms with Crippen molar-refractivity contribution >= 4 is 5.69 Å². The fourth-order valence-electron chi connectivity index (χ4n) is 3.08. The third-order valence-corrected chi connectivity index (χ3v) is 4.11.